The number of nitro benzene ring substituents is 1. The Morgan fingerprint density at radius 2 is 2.03 bits per heavy atom. The lowest BCUT2D eigenvalue weighted by Gasteiger charge is -2.31. The highest BCUT2D eigenvalue weighted by atomic mass is 32.1. The first kappa shape index (κ1) is 20.7. The second-order valence-electron chi connectivity index (χ2n) is 7.41. The molecule has 3 heterocycles. The van der Waals surface area contributed by atoms with E-state index < -0.39 is 4.92 Å². The lowest BCUT2D eigenvalue weighted by Crippen LogP contribution is -2.43. The molecule has 10 heteroatoms. The lowest BCUT2D eigenvalue weighted by atomic mass is 9.97. The van der Waals surface area contributed by atoms with Crippen LogP contribution in [0.3, 0.4) is 0 Å². The van der Waals surface area contributed by atoms with Gasteiger partial charge in [-0.15, -0.1) is 11.3 Å². The molecule has 160 valence electrons. The van der Waals surface area contributed by atoms with Gasteiger partial charge in [0, 0.05) is 31.3 Å². The fraction of sp³-hybridized carbons (Fsp3) is 0.286. The molecule has 1 atom stereocenters. The number of nitrogens with zero attached hydrogens (tertiary/aromatic N) is 4. The molecule has 9 nitrogen and oxygen atoms in total. The molecule has 2 aromatic heterocycles. The SMILES string of the molecule is Cc1cc(NC(=O)C2CCCN(C(=O)c3cccs3)C2)n(-c2ccc([N+](=O)[O-])cc2)n1. The molecule has 2 amide bonds. The number of thiophene rings is 1. The van der Waals surface area contributed by atoms with Gasteiger partial charge < -0.3 is 10.2 Å². The highest BCUT2D eigenvalue weighted by Crippen LogP contribution is 2.24. The minimum absolute atomic E-state index is 0.0177. The molecule has 0 radical (unpaired) electrons. The van der Waals surface area contributed by atoms with Gasteiger partial charge in [-0.2, -0.15) is 5.10 Å². The van der Waals surface area contributed by atoms with Gasteiger partial charge in [-0.25, -0.2) is 4.68 Å². The van der Waals surface area contributed by atoms with Gasteiger partial charge in [-0.1, -0.05) is 6.07 Å². The summed E-state index contributed by atoms with van der Waals surface area (Å²) in [5.41, 5.74) is 1.29. The van der Waals surface area contributed by atoms with Gasteiger partial charge in [-0.3, -0.25) is 19.7 Å². The predicted octanol–water partition coefficient (Wildman–Crippen LogP) is 3.64. The average molecular weight is 439 g/mol. The number of nitro groups is 1. The second kappa shape index (κ2) is 8.68. The van der Waals surface area contributed by atoms with Gasteiger partial charge in [-0.05, 0) is 43.3 Å². The highest BCUT2D eigenvalue weighted by molar-refractivity contribution is 7.12. The van der Waals surface area contributed by atoms with Crippen molar-refractivity contribution in [3.8, 4) is 5.69 Å². The second-order valence-corrected chi connectivity index (χ2v) is 8.36. The number of hydrogen-bond acceptors (Lipinski definition) is 6. The van der Waals surface area contributed by atoms with Crippen molar-refractivity contribution >= 4 is 34.7 Å². The van der Waals surface area contributed by atoms with E-state index in [-0.39, 0.29) is 23.4 Å². The van der Waals surface area contributed by atoms with Gasteiger partial charge in [0.2, 0.25) is 5.91 Å². The predicted molar refractivity (Wildman–Crippen MR) is 117 cm³/mol. The molecule has 0 bridgehead atoms. The summed E-state index contributed by atoms with van der Waals surface area (Å²) < 4.78 is 1.55. The van der Waals surface area contributed by atoms with Gasteiger partial charge in [0.25, 0.3) is 11.6 Å². The molecule has 1 aliphatic rings. The zero-order chi connectivity index (χ0) is 22.0. The molecule has 3 aromatic rings. The van der Waals surface area contributed by atoms with Crippen molar-refractivity contribution in [3.63, 3.8) is 0 Å². The number of aromatic nitrogens is 2. The molecule has 1 fully saturated rings. The summed E-state index contributed by atoms with van der Waals surface area (Å²) in [6.45, 7) is 2.81. The Balaban J connectivity index is 1.48. The maximum Gasteiger partial charge on any atom is 0.269 e. The van der Waals surface area contributed by atoms with Crippen LogP contribution in [0.15, 0.2) is 47.8 Å². The Bertz CT molecular complexity index is 1110. The Kier molecular flexibility index (Phi) is 5.81. The minimum atomic E-state index is -0.465. The largest absolute Gasteiger partial charge is 0.337 e. The molecular weight excluding hydrogens is 418 g/mol. The van der Waals surface area contributed by atoms with Gasteiger partial charge >= 0.3 is 0 Å². The zero-order valence-electron chi connectivity index (χ0n) is 16.9. The van der Waals surface area contributed by atoms with E-state index in [0.29, 0.717) is 41.6 Å². The van der Waals surface area contributed by atoms with Crippen LogP contribution in [-0.4, -0.2) is 44.5 Å². The van der Waals surface area contributed by atoms with E-state index >= 15 is 0 Å². The van der Waals surface area contributed by atoms with Crippen molar-refractivity contribution in [2.24, 2.45) is 5.92 Å². The number of amides is 2. The third-order valence-corrected chi connectivity index (χ3v) is 6.06. The number of carbonyl (C=O) groups excluding carboxylic acids is 2. The van der Waals surface area contributed by atoms with E-state index in [1.165, 1.54) is 23.5 Å². The van der Waals surface area contributed by atoms with Crippen molar-refractivity contribution in [1.82, 2.24) is 14.7 Å². The fourth-order valence-corrected chi connectivity index (χ4v) is 4.35. The number of carbonyl (C=O) groups is 2. The highest BCUT2D eigenvalue weighted by Gasteiger charge is 2.30. The van der Waals surface area contributed by atoms with E-state index in [0.717, 1.165) is 6.42 Å². The summed E-state index contributed by atoms with van der Waals surface area (Å²) in [5, 5.41) is 20.1. The molecule has 4 rings (SSSR count). The minimum Gasteiger partial charge on any atom is -0.337 e. The number of piperidine rings is 1. The summed E-state index contributed by atoms with van der Waals surface area (Å²) in [5.74, 6) is -0.0535. The van der Waals surface area contributed by atoms with Crippen LogP contribution in [0.4, 0.5) is 11.5 Å². The molecule has 0 spiro atoms. The molecule has 1 unspecified atom stereocenters. The maximum atomic E-state index is 13.0. The van der Waals surface area contributed by atoms with E-state index in [1.54, 1.807) is 40.8 Å². The summed E-state index contributed by atoms with van der Waals surface area (Å²) in [7, 11) is 0. The number of rotatable bonds is 5. The van der Waals surface area contributed by atoms with Crippen LogP contribution in [0.2, 0.25) is 0 Å². The average Bonchev–Trinajstić information content (AvgIpc) is 3.43. The van der Waals surface area contributed by atoms with Gasteiger partial charge in [0.15, 0.2) is 0 Å². The number of hydrogen-bond donors (Lipinski definition) is 1. The lowest BCUT2D eigenvalue weighted by molar-refractivity contribution is -0.384. The van der Waals surface area contributed by atoms with E-state index in [9.17, 15) is 19.7 Å². The zero-order valence-corrected chi connectivity index (χ0v) is 17.7. The summed E-state index contributed by atoms with van der Waals surface area (Å²) in [6.07, 6.45) is 1.46. The van der Waals surface area contributed by atoms with Crippen LogP contribution in [0, 0.1) is 23.0 Å². The Morgan fingerprint density at radius 3 is 2.71 bits per heavy atom. The Morgan fingerprint density at radius 1 is 1.26 bits per heavy atom. The molecule has 0 aliphatic carbocycles. The Labute approximate surface area is 182 Å². The van der Waals surface area contributed by atoms with Crippen LogP contribution in [0.5, 0.6) is 0 Å². The monoisotopic (exact) mass is 439 g/mol. The number of anilines is 1. The molecule has 1 aromatic carbocycles. The molecule has 1 N–H and O–H groups in total. The number of likely N-dealkylation sites (tertiary alicyclic amines) is 1. The van der Waals surface area contributed by atoms with Crippen molar-refractivity contribution < 1.29 is 14.5 Å². The Hall–Kier alpha value is -3.53. The van der Waals surface area contributed by atoms with Crippen LogP contribution in [0.1, 0.15) is 28.2 Å². The standard InChI is InChI=1S/C21H21N5O4S/c1-14-12-19(25(23-14)16-6-8-17(9-7-16)26(29)30)22-20(27)15-4-2-10-24(13-15)21(28)18-5-3-11-31-18/h3,5-9,11-12,15H,2,4,10,13H2,1H3,(H,22,27). The normalized spacial score (nSPS) is 16.2. The van der Waals surface area contributed by atoms with Crippen molar-refractivity contribution in [1.29, 1.82) is 0 Å². The van der Waals surface area contributed by atoms with Crippen LogP contribution >= 0.6 is 11.3 Å². The van der Waals surface area contributed by atoms with Crippen molar-refractivity contribution in [2.75, 3.05) is 18.4 Å². The molecule has 0 saturated carbocycles. The quantitative estimate of drug-likeness (QED) is 0.482. The smallest absolute Gasteiger partial charge is 0.269 e. The fourth-order valence-electron chi connectivity index (χ4n) is 3.66. The van der Waals surface area contributed by atoms with Crippen molar-refractivity contribution in [3.05, 3.63) is 68.5 Å². The van der Waals surface area contributed by atoms with Crippen molar-refractivity contribution in [2.45, 2.75) is 19.8 Å². The summed E-state index contributed by atoms with van der Waals surface area (Å²) in [4.78, 5) is 38.5. The molecule has 1 saturated heterocycles. The van der Waals surface area contributed by atoms with E-state index in [4.69, 9.17) is 0 Å². The van der Waals surface area contributed by atoms with Gasteiger partial charge in [0.05, 0.1) is 27.1 Å². The molecular formula is C21H21N5O4S. The first-order chi connectivity index (χ1) is 14.9. The number of non-ortho nitro benzene ring substituents is 1. The first-order valence-electron chi connectivity index (χ1n) is 9.87. The number of aryl methyl sites for hydroxylation is 1. The molecule has 1 aliphatic heterocycles. The van der Waals surface area contributed by atoms with Crippen LogP contribution < -0.4 is 5.32 Å². The third kappa shape index (κ3) is 4.48. The summed E-state index contributed by atoms with van der Waals surface area (Å²) >= 11 is 1.40. The summed E-state index contributed by atoms with van der Waals surface area (Å²) in [6, 6.07) is 11.3. The van der Waals surface area contributed by atoms with E-state index in [2.05, 4.69) is 10.4 Å². The van der Waals surface area contributed by atoms with Crippen LogP contribution in [-0.2, 0) is 4.79 Å². The first-order valence-corrected chi connectivity index (χ1v) is 10.8. The van der Waals surface area contributed by atoms with Crippen LogP contribution in [0.25, 0.3) is 5.69 Å². The number of nitrogens with one attached hydrogen (secondary N) is 1. The molecule has 31 heavy (non-hydrogen) atoms. The number of benzene rings is 1. The topological polar surface area (TPSA) is 110 Å². The maximum absolute atomic E-state index is 13.0. The van der Waals surface area contributed by atoms with Gasteiger partial charge in [0.1, 0.15) is 5.82 Å². The third-order valence-electron chi connectivity index (χ3n) is 5.20. The van der Waals surface area contributed by atoms with E-state index in [1.807, 2.05) is 11.4 Å².